The average Bonchev–Trinajstić information content (AvgIpc) is 3.10. The van der Waals surface area contributed by atoms with Crippen LogP contribution in [0.2, 0.25) is 0 Å². The Morgan fingerprint density at radius 1 is 0.935 bits per heavy atom. The molecule has 0 aromatic heterocycles. The second-order valence-electron chi connectivity index (χ2n) is 7.24. The molecule has 2 N–H and O–H groups in total. The van der Waals surface area contributed by atoms with E-state index < -0.39 is 18.1 Å². The first kappa shape index (κ1) is 20.5. The number of fused-ring (bicyclic) bond motifs is 3. The van der Waals surface area contributed by atoms with Crippen molar-refractivity contribution in [2.45, 2.75) is 18.9 Å². The second kappa shape index (κ2) is 8.92. The first-order chi connectivity index (χ1) is 15.1. The molecule has 0 bridgehead atoms. The van der Waals surface area contributed by atoms with Gasteiger partial charge < -0.3 is 19.9 Å². The van der Waals surface area contributed by atoms with Crippen molar-refractivity contribution >= 4 is 12.1 Å². The third-order valence-electron chi connectivity index (χ3n) is 5.38. The lowest BCUT2D eigenvalue weighted by atomic mass is 9.98. The third-order valence-corrected chi connectivity index (χ3v) is 5.38. The van der Waals surface area contributed by atoms with Crippen molar-refractivity contribution in [2.75, 3.05) is 13.2 Å². The largest absolute Gasteiger partial charge is 0.494 e. The molecule has 6 nitrogen and oxygen atoms in total. The van der Waals surface area contributed by atoms with Gasteiger partial charge in [-0.3, -0.25) is 0 Å². The molecule has 0 aliphatic heterocycles. The van der Waals surface area contributed by atoms with Crippen molar-refractivity contribution in [3.63, 3.8) is 0 Å². The number of nitrogens with one attached hydrogen (secondary N) is 1. The number of benzene rings is 3. The number of carboxylic acids is 1. The van der Waals surface area contributed by atoms with Gasteiger partial charge in [-0.2, -0.15) is 0 Å². The summed E-state index contributed by atoms with van der Waals surface area (Å²) in [6.45, 7) is 2.50. The highest BCUT2D eigenvalue weighted by molar-refractivity contribution is 5.82. The molecule has 158 valence electrons. The molecule has 6 heteroatoms. The summed E-state index contributed by atoms with van der Waals surface area (Å²) in [5.41, 5.74) is 4.88. The van der Waals surface area contributed by atoms with Gasteiger partial charge in [0, 0.05) is 5.92 Å². The molecule has 0 spiro atoms. The SMILES string of the molecule is CCOc1ccc(C(NC(=O)OCC2c3ccccc3-c3ccccc32)C(=O)O)cc1. The maximum absolute atomic E-state index is 12.5. The summed E-state index contributed by atoms with van der Waals surface area (Å²) in [5, 5.41) is 12.0. The van der Waals surface area contributed by atoms with Gasteiger partial charge in [-0.25, -0.2) is 9.59 Å². The van der Waals surface area contributed by atoms with E-state index in [0.717, 1.165) is 22.3 Å². The van der Waals surface area contributed by atoms with Crippen LogP contribution >= 0.6 is 0 Å². The van der Waals surface area contributed by atoms with E-state index in [9.17, 15) is 14.7 Å². The van der Waals surface area contributed by atoms with Crippen molar-refractivity contribution < 1.29 is 24.2 Å². The van der Waals surface area contributed by atoms with Crippen LogP contribution in [0.3, 0.4) is 0 Å². The van der Waals surface area contributed by atoms with Crippen LogP contribution in [0.5, 0.6) is 5.75 Å². The second-order valence-corrected chi connectivity index (χ2v) is 7.24. The summed E-state index contributed by atoms with van der Waals surface area (Å²) in [4.78, 5) is 24.2. The number of hydrogen-bond acceptors (Lipinski definition) is 4. The predicted molar refractivity (Wildman–Crippen MR) is 116 cm³/mol. The van der Waals surface area contributed by atoms with Crippen molar-refractivity contribution in [2.24, 2.45) is 0 Å². The zero-order valence-corrected chi connectivity index (χ0v) is 17.1. The molecule has 0 heterocycles. The van der Waals surface area contributed by atoms with E-state index in [-0.39, 0.29) is 12.5 Å². The van der Waals surface area contributed by atoms with Gasteiger partial charge in [-0.15, -0.1) is 0 Å². The van der Waals surface area contributed by atoms with E-state index in [1.807, 2.05) is 43.3 Å². The third kappa shape index (κ3) is 4.23. The van der Waals surface area contributed by atoms with Crippen LogP contribution in [0.25, 0.3) is 11.1 Å². The van der Waals surface area contributed by atoms with Gasteiger partial charge in [-0.05, 0) is 46.9 Å². The molecule has 31 heavy (non-hydrogen) atoms. The first-order valence-electron chi connectivity index (χ1n) is 10.2. The number of rotatable bonds is 7. The molecule has 1 atom stereocenters. The number of ether oxygens (including phenoxy) is 2. The Bertz CT molecular complexity index is 1050. The highest BCUT2D eigenvalue weighted by Crippen LogP contribution is 2.44. The van der Waals surface area contributed by atoms with Gasteiger partial charge in [0.05, 0.1) is 6.61 Å². The van der Waals surface area contributed by atoms with E-state index in [1.165, 1.54) is 0 Å². The predicted octanol–water partition coefficient (Wildman–Crippen LogP) is 4.75. The molecule has 0 fully saturated rings. The fourth-order valence-electron chi connectivity index (χ4n) is 3.97. The molecule has 0 radical (unpaired) electrons. The monoisotopic (exact) mass is 417 g/mol. The maximum atomic E-state index is 12.5. The number of alkyl carbamates (subject to hydrolysis) is 1. The van der Waals surface area contributed by atoms with Crippen LogP contribution in [0.1, 0.15) is 35.6 Å². The summed E-state index contributed by atoms with van der Waals surface area (Å²) in [6.07, 6.45) is -0.775. The fraction of sp³-hybridized carbons (Fsp3) is 0.200. The lowest BCUT2D eigenvalue weighted by Gasteiger charge is -2.18. The topological polar surface area (TPSA) is 84.9 Å². The fourth-order valence-corrected chi connectivity index (χ4v) is 3.97. The Morgan fingerprint density at radius 2 is 1.52 bits per heavy atom. The van der Waals surface area contributed by atoms with Gasteiger partial charge >= 0.3 is 12.1 Å². The lowest BCUT2D eigenvalue weighted by molar-refractivity contribution is -0.139. The lowest BCUT2D eigenvalue weighted by Crippen LogP contribution is -2.34. The van der Waals surface area contributed by atoms with Crippen LogP contribution in [-0.4, -0.2) is 30.4 Å². The normalized spacial score (nSPS) is 13.1. The smallest absolute Gasteiger partial charge is 0.408 e. The Kier molecular flexibility index (Phi) is 5.89. The van der Waals surface area contributed by atoms with Crippen LogP contribution in [0, 0.1) is 0 Å². The van der Waals surface area contributed by atoms with E-state index in [0.29, 0.717) is 17.9 Å². The van der Waals surface area contributed by atoms with Crippen molar-refractivity contribution in [3.05, 3.63) is 89.5 Å². The van der Waals surface area contributed by atoms with E-state index in [2.05, 4.69) is 17.4 Å². The quantitative estimate of drug-likeness (QED) is 0.580. The number of hydrogen-bond donors (Lipinski definition) is 2. The maximum Gasteiger partial charge on any atom is 0.408 e. The van der Waals surface area contributed by atoms with Crippen LogP contribution < -0.4 is 10.1 Å². The average molecular weight is 417 g/mol. The number of carboxylic acid groups (broad SMARTS) is 1. The highest BCUT2D eigenvalue weighted by atomic mass is 16.5. The molecular formula is C25H23NO5. The van der Waals surface area contributed by atoms with Crippen LogP contribution in [0.4, 0.5) is 4.79 Å². The molecule has 1 amide bonds. The van der Waals surface area contributed by atoms with Crippen molar-refractivity contribution in [1.82, 2.24) is 5.32 Å². The standard InChI is InChI=1S/C25H23NO5/c1-2-30-17-13-11-16(12-14-17)23(24(27)28)26-25(29)31-15-22-20-9-5-3-7-18(20)19-8-4-6-10-21(19)22/h3-14,22-23H,2,15H2,1H3,(H,26,29)(H,27,28). The van der Waals surface area contributed by atoms with Crippen LogP contribution in [0.15, 0.2) is 72.8 Å². The van der Waals surface area contributed by atoms with Gasteiger partial charge in [0.1, 0.15) is 12.4 Å². The molecule has 0 saturated heterocycles. The summed E-state index contributed by atoms with van der Waals surface area (Å²) in [6, 6.07) is 21.4. The van der Waals surface area contributed by atoms with E-state index in [4.69, 9.17) is 9.47 Å². The molecule has 1 unspecified atom stereocenters. The zero-order valence-electron chi connectivity index (χ0n) is 17.1. The summed E-state index contributed by atoms with van der Waals surface area (Å²) in [7, 11) is 0. The molecule has 4 rings (SSSR count). The molecule has 1 aliphatic rings. The minimum absolute atomic E-state index is 0.0908. The van der Waals surface area contributed by atoms with Gasteiger partial charge in [-0.1, -0.05) is 60.7 Å². The molecule has 3 aromatic carbocycles. The Labute approximate surface area is 180 Å². The zero-order chi connectivity index (χ0) is 21.8. The Hall–Kier alpha value is -3.80. The highest BCUT2D eigenvalue weighted by Gasteiger charge is 2.30. The minimum atomic E-state index is -1.22. The number of carbonyl (C=O) groups excluding carboxylic acids is 1. The van der Waals surface area contributed by atoms with E-state index in [1.54, 1.807) is 24.3 Å². The molecule has 0 saturated carbocycles. The molecule has 3 aromatic rings. The Balaban J connectivity index is 1.45. The minimum Gasteiger partial charge on any atom is -0.494 e. The van der Waals surface area contributed by atoms with Crippen LogP contribution in [-0.2, 0) is 9.53 Å². The van der Waals surface area contributed by atoms with Gasteiger partial charge in [0.25, 0.3) is 0 Å². The summed E-state index contributed by atoms with van der Waals surface area (Å²) >= 11 is 0. The van der Waals surface area contributed by atoms with Crippen molar-refractivity contribution in [1.29, 1.82) is 0 Å². The van der Waals surface area contributed by atoms with Gasteiger partial charge in [0.15, 0.2) is 6.04 Å². The molecular weight excluding hydrogens is 394 g/mol. The molecule has 1 aliphatic carbocycles. The number of carbonyl (C=O) groups is 2. The summed E-state index contributed by atoms with van der Waals surface area (Å²) < 4.78 is 10.8. The number of amides is 1. The van der Waals surface area contributed by atoms with Gasteiger partial charge in [0.2, 0.25) is 0 Å². The number of aliphatic carboxylic acids is 1. The Morgan fingerprint density at radius 3 is 2.06 bits per heavy atom. The van der Waals surface area contributed by atoms with Crippen molar-refractivity contribution in [3.8, 4) is 16.9 Å². The van der Waals surface area contributed by atoms with E-state index >= 15 is 0 Å². The summed E-state index contributed by atoms with van der Waals surface area (Å²) in [5.74, 6) is -0.624. The first-order valence-corrected chi connectivity index (χ1v) is 10.2.